The summed E-state index contributed by atoms with van der Waals surface area (Å²) < 4.78 is 11.9. The normalized spacial score (nSPS) is 35.2. The molecule has 2 fully saturated rings. The molecule has 2 heterocycles. The number of primary amides is 1. The molecule has 1 aromatic heterocycles. The molecule has 1 saturated carbocycles. The molecule has 0 radical (unpaired) electrons. The molecule has 6 unspecified atom stereocenters. The lowest BCUT2D eigenvalue weighted by Gasteiger charge is -2.55. The summed E-state index contributed by atoms with van der Waals surface area (Å²) in [7, 11) is 1.44. The number of para-hydroxylation sites is 1. The van der Waals surface area contributed by atoms with Gasteiger partial charge in [-0.3, -0.25) is 9.78 Å². The number of aliphatic hydroxyl groups excluding tert-OH is 1. The van der Waals surface area contributed by atoms with Crippen molar-refractivity contribution in [2.45, 2.75) is 74.4 Å². The number of carbonyl (C=O) groups excluding carboxylic acids is 1. The smallest absolute Gasteiger partial charge is 0.232 e. The number of pyridine rings is 1. The van der Waals surface area contributed by atoms with Crippen LogP contribution in [0.3, 0.4) is 0 Å². The van der Waals surface area contributed by atoms with Gasteiger partial charge < -0.3 is 25.4 Å². The van der Waals surface area contributed by atoms with Gasteiger partial charge in [0.1, 0.15) is 17.1 Å². The molecule has 1 aromatic carbocycles. The van der Waals surface area contributed by atoms with Crippen molar-refractivity contribution >= 4 is 28.6 Å². The van der Waals surface area contributed by atoms with E-state index in [1.165, 1.54) is 18.9 Å². The maximum Gasteiger partial charge on any atom is 0.232 e. The van der Waals surface area contributed by atoms with Gasteiger partial charge in [-0.2, -0.15) is 0 Å². The van der Waals surface area contributed by atoms with Crippen LogP contribution in [0.25, 0.3) is 10.9 Å². The van der Waals surface area contributed by atoms with Crippen LogP contribution in [0.15, 0.2) is 53.1 Å². The van der Waals surface area contributed by atoms with Crippen LogP contribution in [0, 0.1) is 5.41 Å². The Bertz CT molecular complexity index is 1100. The number of carbonyl (C=O) groups is 1. The fraction of sp³-hybridized carbons (Fsp3) is 0.538. The van der Waals surface area contributed by atoms with Crippen molar-refractivity contribution in [1.82, 2.24) is 4.98 Å². The van der Waals surface area contributed by atoms with E-state index in [2.05, 4.69) is 4.98 Å². The molecule has 8 heteroatoms. The van der Waals surface area contributed by atoms with Crippen LogP contribution < -0.4 is 5.73 Å². The first-order valence-electron chi connectivity index (χ1n) is 11.6. The van der Waals surface area contributed by atoms with E-state index in [9.17, 15) is 15.0 Å². The van der Waals surface area contributed by atoms with Crippen LogP contribution in [0.1, 0.15) is 40.0 Å². The average molecular weight is 487 g/mol. The van der Waals surface area contributed by atoms with Crippen LogP contribution in [0.4, 0.5) is 0 Å². The average Bonchev–Trinajstić information content (AvgIpc) is 3.48. The lowest BCUT2D eigenvalue weighted by molar-refractivity contribution is -0.225. The maximum atomic E-state index is 13.4. The van der Waals surface area contributed by atoms with Crippen LogP contribution in [0.5, 0.6) is 0 Å². The third-order valence-electron chi connectivity index (χ3n) is 7.54. The summed E-state index contributed by atoms with van der Waals surface area (Å²) >= 11 is 1.43. The second-order valence-corrected chi connectivity index (χ2v) is 10.8. The highest BCUT2D eigenvalue weighted by Gasteiger charge is 2.79. The minimum absolute atomic E-state index is 0.173. The quantitative estimate of drug-likeness (QED) is 0.298. The Morgan fingerprint density at radius 3 is 2.76 bits per heavy atom. The third-order valence-corrected chi connectivity index (χ3v) is 8.80. The van der Waals surface area contributed by atoms with Crippen molar-refractivity contribution in [3.63, 3.8) is 0 Å². The molecule has 2 aromatic rings. The maximum absolute atomic E-state index is 13.4. The van der Waals surface area contributed by atoms with Crippen molar-refractivity contribution in [2.24, 2.45) is 11.1 Å². The van der Waals surface area contributed by atoms with Crippen LogP contribution in [-0.4, -0.2) is 63.5 Å². The van der Waals surface area contributed by atoms with Gasteiger partial charge in [0.05, 0.1) is 23.3 Å². The Balaban J connectivity index is 1.75. The Morgan fingerprint density at radius 2 is 2.09 bits per heavy atom. The minimum Gasteiger partial charge on any atom is -0.390 e. The fourth-order valence-electron chi connectivity index (χ4n) is 5.78. The van der Waals surface area contributed by atoms with E-state index in [1.54, 1.807) is 13.1 Å². The first-order chi connectivity index (χ1) is 16.1. The Morgan fingerprint density at radius 1 is 1.35 bits per heavy atom. The number of fused-ring (bicyclic) bond motifs is 1. The lowest BCUT2D eigenvalue weighted by Crippen LogP contribution is -2.74. The van der Waals surface area contributed by atoms with Crippen LogP contribution in [-0.2, 0) is 14.3 Å². The summed E-state index contributed by atoms with van der Waals surface area (Å²) in [5.74, 6) is -0.550. The molecule has 2 aliphatic rings. The molecule has 0 spiro atoms. The molecule has 1 aliphatic carbocycles. The summed E-state index contributed by atoms with van der Waals surface area (Å²) in [6, 6.07) is 9.75. The minimum atomic E-state index is -1.64. The summed E-state index contributed by atoms with van der Waals surface area (Å²) in [4.78, 5) is 18.8. The molecule has 1 saturated heterocycles. The van der Waals surface area contributed by atoms with E-state index in [0.717, 1.165) is 21.4 Å². The van der Waals surface area contributed by atoms with E-state index < -0.39 is 34.7 Å². The number of nitrogens with zero attached hydrogens (tertiary/aromatic N) is 1. The summed E-state index contributed by atoms with van der Waals surface area (Å²) in [6.45, 7) is 5.80. The zero-order chi connectivity index (χ0) is 24.7. The number of epoxide rings is 1. The summed E-state index contributed by atoms with van der Waals surface area (Å²) in [6.07, 6.45) is 2.55. The molecule has 1 aliphatic heterocycles. The van der Waals surface area contributed by atoms with Crippen molar-refractivity contribution in [2.75, 3.05) is 12.9 Å². The molecule has 7 nitrogen and oxygen atoms in total. The highest BCUT2D eigenvalue weighted by atomic mass is 32.2. The Hall–Kier alpha value is -1.97. The molecule has 184 valence electrons. The number of nitrogens with two attached hydrogens (primary N) is 1. The SMILES string of the molecule is COC1C(O)CCC(O)(CSc2cccc3cccnc23)C1(C(N)=O)C1(C)OC1CC=C(C)C. The Labute approximate surface area is 204 Å². The molecule has 6 atom stereocenters. The summed E-state index contributed by atoms with van der Waals surface area (Å²) in [5, 5.41) is 24.1. The zero-order valence-electron chi connectivity index (χ0n) is 20.2. The van der Waals surface area contributed by atoms with Gasteiger partial charge >= 0.3 is 0 Å². The van der Waals surface area contributed by atoms with E-state index in [4.69, 9.17) is 15.2 Å². The van der Waals surface area contributed by atoms with Crippen molar-refractivity contribution in [1.29, 1.82) is 0 Å². The number of rotatable bonds is 8. The van der Waals surface area contributed by atoms with E-state index in [-0.39, 0.29) is 24.7 Å². The van der Waals surface area contributed by atoms with Crippen molar-refractivity contribution in [3.05, 3.63) is 48.2 Å². The number of amides is 1. The first kappa shape index (κ1) is 25.1. The fourth-order valence-corrected chi connectivity index (χ4v) is 7.03. The van der Waals surface area contributed by atoms with Gasteiger partial charge in [0, 0.05) is 29.3 Å². The van der Waals surface area contributed by atoms with Gasteiger partial charge in [0.15, 0.2) is 0 Å². The lowest BCUT2D eigenvalue weighted by atomic mass is 9.53. The number of aliphatic hydroxyl groups is 2. The topological polar surface area (TPSA) is 118 Å². The molecule has 1 amide bonds. The number of methoxy groups -OCH3 is 1. The van der Waals surface area contributed by atoms with Crippen molar-refractivity contribution in [3.8, 4) is 0 Å². The largest absolute Gasteiger partial charge is 0.390 e. The van der Waals surface area contributed by atoms with Gasteiger partial charge in [-0.15, -0.1) is 11.8 Å². The standard InChI is InChI=1S/C26H34N2O5S/c1-16(2)10-11-20-24(3,33-20)26(23(27)30)22(32-4)18(29)12-13-25(26,31)15-34-19-9-5-7-17-8-6-14-28-21(17)19/h5-10,14,18,20,22,29,31H,11-13,15H2,1-4H3,(H2,27,30). The van der Waals surface area contributed by atoms with Gasteiger partial charge in [0.2, 0.25) is 5.91 Å². The molecule has 34 heavy (non-hydrogen) atoms. The van der Waals surface area contributed by atoms with E-state index >= 15 is 0 Å². The van der Waals surface area contributed by atoms with Crippen LogP contribution >= 0.6 is 11.8 Å². The predicted octanol–water partition coefficient (Wildman–Crippen LogP) is 3.21. The number of thioether (sulfide) groups is 1. The molecule has 0 bridgehead atoms. The van der Waals surface area contributed by atoms with Crippen molar-refractivity contribution < 1.29 is 24.5 Å². The first-order valence-corrected chi connectivity index (χ1v) is 12.6. The highest BCUT2D eigenvalue weighted by molar-refractivity contribution is 7.99. The third kappa shape index (κ3) is 3.85. The number of benzene rings is 1. The molecule has 4 rings (SSSR count). The number of aromatic nitrogens is 1. The second kappa shape index (κ2) is 9.24. The van der Waals surface area contributed by atoms with Gasteiger partial charge in [0.25, 0.3) is 0 Å². The van der Waals surface area contributed by atoms with Gasteiger partial charge in [-0.05, 0) is 52.2 Å². The number of hydrogen-bond acceptors (Lipinski definition) is 7. The number of allylic oxidation sites excluding steroid dienone is 1. The zero-order valence-corrected chi connectivity index (χ0v) is 21.0. The van der Waals surface area contributed by atoms with Crippen LogP contribution in [0.2, 0.25) is 0 Å². The monoisotopic (exact) mass is 486 g/mol. The van der Waals surface area contributed by atoms with E-state index in [0.29, 0.717) is 6.42 Å². The summed E-state index contributed by atoms with van der Waals surface area (Å²) in [5.41, 5.74) is 3.77. The molecular formula is C26H34N2O5S. The van der Waals surface area contributed by atoms with Gasteiger partial charge in [-0.1, -0.05) is 29.8 Å². The van der Waals surface area contributed by atoms with E-state index in [1.807, 2.05) is 50.3 Å². The van der Waals surface area contributed by atoms with Gasteiger partial charge in [-0.25, -0.2) is 0 Å². The Kier molecular flexibility index (Phi) is 6.83. The second-order valence-electron chi connectivity index (χ2n) is 9.82. The number of ether oxygens (including phenoxy) is 2. The molecule has 4 N–H and O–H groups in total. The highest BCUT2D eigenvalue weighted by Crippen LogP contribution is 2.63. The predicted molar refractivity (Wildman–Crippen MR) is 132 cm³/mol. The molecular weight excluding hydrogens is 452 g/mol. The number of hydrogen-bond donors (Lipinski definition) is 3.